The third-order valence-electron chi connectivity index (χ3n) is 2.21. The average molecular weight is 274 g/mol. The van der Waals surface area contributed by atoms with Gasteiger partial charge in [0.25, 0.3) is 0 Å². The Labute approximate surface area is 92.5 Å². The largest absolute Gasteiger partial charge is 0.272 e. The summed E-state index contributed by atoms with van der Waals surface area (Å²) >= 11 is 3.20. The predicted molar refractivity (Wildman–Crippen MR) is 54.0 cm³/mol. The van der Waals surface area contributed by atoms with Gasteiger partial charge < -0.3 is 0 Å². The van der Waals surface area contributed by atoms with Crippen molar-refractivity contribution in [1.29, 1.82) is 0 Å². The molecule has 15 heavy (non-hydrogen) atoms. The van der Waals surface area contributed by atoms with Crippen LogP contribution in [0.5, 0.6) is 0 Å². The van der Waals surface area contributed by atoms with E-state index in [1.165, 1.54) is 6.07 Å². The second-order valence-corrected chi connectivity index (χ2v) is 3.74. The molecule has 0 saturated heterocycles. The first-order valence-electron chi connectivity index (χ1n) is 4.27. The Hall–Kier alpha value is -1.10. The van der Waals surface area contributed by atoms with Gasteiger partial charge in [-0.25, -0.2) is 13.8 Å². The molecule has 1 amide bonds. The quantitative estimate of drug-likeness (QED) is 0.704. The van der Waals surface area contributed by atoms with Crippen LogP contribution in [0.25, 0.3) is 5.57 Å². The van der Waals surface area contributed by atoms with Gasteiger partial charge in [-0.3, -0.25) is 4.79 Å². The number of benzene rings is 1. The summed E-state index contributed by atoms with van der Waals surface area (Å²) in [6.07, 6.45) is 0.156. The fourth-order valence-electron chi connectivity index (χ4n) is 1.50. The molecule has 78 valence electrons. The summed E-state index contributed by atoms with van der Waals surface area (Å²) in [5.41, 5.74) is 0.726. The van der Waals surface area contributed by atoms with Crippen LogP contribution in [0, 0.1) is 11.6 Å². The third-order valence-corrected chi connectivity index (χ3v) is 2.89. The second kappa shape index (κ2) is 3.81. The topological polar surface area (TPSA) is 29.4 Å². The second-order valence-electron chi connectivity index (χ2n) is 3.18. The van der Waals surface area contributed by atoms with E-state index in [-0.39, 0.29) is 11.8 Å². The van der Waals surface area contributed by atoms with Crippen molar-refractivity contribution in [2.24, 2.45) is 4.99 Å². The van der Waals surface area contributed by atoms with Crippen LogP contribution < -0.4 is 10.6 Å². The number of carbonyl (C=O) groups is 1. The number of nitrogens with zero attached hydrogens (tertiary/aromatic N) is 1. The lowest BCUT2D eigenvalue weighted by atomic mass is 10.1. The molecule has 0 atom stereocenters. The van der Waals surface area contributed by atoms with Crippen molar-refractivity contribution in [3.05, 3.63) is 34.3 Å². The number of fused-ring (bicyclic) bond motifs is 1. The molecule has 0 aliphatic carbocycles. The fraction of sp³-hybridized carbons (Fsp3) is 0.200. The van der Waals surface area contributed by atoms with Crippen LogP contribution in [0.3, 0.4) is 0 Å². The minimum Gasteiger partial charge on any atom is -0.272 e. The zero-order valence-corrected chi connectivity index (χ0v) is 9.14. The summed E-state index contributed by atoms with van der Waals surface area (Å²) in [4.78, 5) is 14.7. The summed E-state index contributed by atoms with van der Waals surface area (Å²) in [5.74, 6) is -2.48. The minimum atomic E-state index is -1.06. The van der Waals surface area contributed by atoms with Crippen molar-refractivity contribution in [2.45, 2.75) is 6.42 Å². The van der Waals surface area contributed by atoms with E-state index in [0.29, 0.717) is 10.5 Å². The molecular formula is C10H6BrF2NO. The highest BCUT2D eigenvalue weighted by Gasteiger charge is 2.15. The van der Waals surface area contributed by atoms with Crippen LogP contribution in [0.2, 0.25) is 0 Å². The smallest absolute Gasteiger partial charge is 0.250 e. The Morgan fingerprint density at radius 3 is 2.80 bits per heavy atom. The van der Waals surface area contributed by atoms with Gasteiger partial charge in [0.2, 0.25) is 5.91 Å². The van der Waals surface area contributed by atoms with Crippen LogP contribution in [0.4, 0.5) is 8.78 Å². The number of rotatable bonds is 1. The highest BCUT2D eigenvalue weighted by atomic mass is 79.9. The van der Waals surface area contributed by atoms with E-state index in [4.69, 9.17) is 0 Å². The molecular weight excluding hydrogens is 268 g/mol. The molecule has 1 aliphatic rings. The number of alkyl halides is 1. The molecule has 1 aromatic carbocycles. The predicted octanol–water partition coefficient (Wildman–Crippen LogP) is 1.06. The minimum absolute atomic E-state index is 0.156. The molecule has 2 nitrogen and oxygen atoms in total. The Kier molecular flexibility index (Phi) is 2.65. The molecule has 1 aliphatic heterocycles. The first-order chi connectivity index (χ1) is 7.13. The highest BCUT2D eigenvalue weighted by Crippen LogP contribution is 2.09. The van der Waals surface area contributed by atoms with Crippen LogP contribution in [0.15, 0.2) is 17.1 Å². The molecule has 0 spiro atoms. The van der Waals surface area contributed by atoms with E-state index in [2.05, 4.69) is 20.9 Å². The zero-order chi connectivity index (χ0) is 11.0. The normalized spacial score (nSPS) is 14.9. The number of hydrogen-bond acceptors (Lipinski definition) is 1. The molecule has 1 aromatic rings. The van der Waals surface area contributed by atoms with Gasteiger partial charge in [0.1, 0.15) is 5.36 Å². The van der Waals surface area contributed by atoms with Gasteiger partial charge in [-0.15, -0.1) is 0 Å². The van der Waals surface area contributed by atoms with Crippen molar-refractivity contribution in [3.8, 4) is 0 Å². The van der Waals surface area contributed by atoms with Gasteiger partial charge in [0.15, 0.2) is 11.6 Å². The Bertz CT molecular complexity index is 553. The van der Waals surface area contributed by atoms with Gasteiger partial charge in [0.05, 0.1) is 6.42 Å². The molecule has 0 radical (unpaired) electrons. The first-order valence-corrected chi connectivity index (χ1v) is 5.39. The van der Waals surface area contributed by atoms with Gasteiger partial charge in [-0.1, -0.05) is 15.9 Å². The molecule has 0 fully saturated rings. The van der Waals surface area contributed by atoms with Gasteiger partial charge in [0, 0.05) is 10.5 Å². The lowest BCUT2D eigenvalue weighted by molar-refractivity contribution is -0.117. The standard InChI is InChI=1S/C10H6BrF2NO/c11-4-5-3-8(15)14-10-6(5)1-2-7(12)9(10)13/h1-2H,3-4H2. The molecule has 0 bridgehead atoms. The first kappa shape index (κ1) is 10.4. The number of carbonyl (C=O) groups excluding carboxylic acids is 1. The SMILES string of the molecule is O=C1CC(CBr)=c2ccc(F)c(F)c2=N1. The Balaban J connectivity index is 2.92. The maximum absolute atomic E-state index is 13.3. The average Bonchev–Trinajstić information content (AvgIpc) is 2.23. The van der Waals surface area contributed by atoms with Crippen molar-refractivity contribution >= 4 is 27.4 Å². The van der Waals surface area contributed by atoms with Gasteiger partial charge in [-0.2, -0.15) is 0 Å². The molecule has 0 N–H and O–H groups in total. The fourth-order valence-corrected chi connectivity index (χ4v) is 2.00. The van der Waals surface area contributed by atoms with E-state index in [9.17, 15) is 13.6 Å². The molecule has 0 saturated carbocycles. The van der Waals surface area contributed by atoms with Crippen molar-refractivity contribution < 1.29 is 13.6 Å². The van der Waals surface area contributed by atoms with Crippen LogP contribution in [-0.2, 0) is 4.79 Å². The maximum Gasteiger partial charge on any atom is 0.250 e. The molecule has 5 heteroatoms. The van der Waals surface area contributed by atoms with Crippen molar-refractivity contribution in [2.75, 3.05) is 5.33 Å². The van der Waals surface area contributed by atoms with Crippen LogP contribution >= 0.6 is 15.9 Å². The van der Waals surface area contributed by atoms with E-state index in [1.54, 1.807) is 0 Å². The summed E-state index contributed by atoms with van der Waals surface area (Å²) in [5, 5.41) is 0.776. The van der Waals surface area contributed by atoms with Crippen molar-refractivity contribution in [1.82, 2.24) is 0 Å². The highest BCUT2D eigenvalue weighted by molar-refractivity contribution is 9.09. The summed E-state index contributed by atoms with van der Waals surface area (Å²) in [7, 11) is 0. The lowest BCUT2D eigenvalue weighted by Crippen LogP contribution is -2.36. The molecule has 1 heterocycles. The van der Waals surface area contributed by atoms with Crippen LogP contribution in [-0.4, -0.2) is 11.2 Å². The summed E-state index contributed by atoms with van der Waals surface area (Å²) < 4.78 is 26.2. The number of hydrogen-bond donors (Lipinski definition) is 0. The van der Waals surface area contributed by atoms with Crippen LogP contribution in [0.1, 0.15) is 6.42 Å². The molecule has 0 aromatic heterocycles. The van der Waals surface area contributed by atoms with Crippen molar-refractivity contribution in [3.63, 3.8) is 0 Å². The molecule has 0 unspecified atom stereocenters. The monoisotopic (exact) mass is 273 g/mol. The van der Waals surface area contributed by atoms with E-state index in [1.807, 2.05) is 0 Å². The lowest BCUT2D eigenvalue weighted by Gasteiger charge is -2.07. The third kappa shape index (κ3) is 1.71. The summed E-state index contributed by atoms with van der Waals surface area (Å²) in [6.45, 7) is 0. The number of halogens is 3. The van der Waals surface area contributed by atoms with Gasteiger partial charge in [-0.05, 0) is 17.7 Å². The van der Waals surface area contributed by atoms with E-state index < -0.39 is 17.5 Å². The zero-order valence-electron chi connectivity index (χ0n) is 7.56. The Morgan fingerprint density at radius 2 is 2.13 bits per heavy atom. The van der Waals surface area contributed by atoms with Gasteiger partial charge >= 0.3 is 0 Å². The van der Waals surface area contributed by atoms with E-state index in [0.717, 1.165) is 11.6 Å². The Morgan fingerprint density at radius 1 is 1.40 bits per heavy atom. The maximum atomic E-state index is 13.3. The number of amides is 1. The molecule has 2 rings (SSSR count). The van der Waals surface area contributed by atoms with E-state index >= 15 is 0 Å². The summed E-state index contributed by atoms with van der Waals surface area (Å²) in [6, 6.07) is 2.49.